The molecule has 10 rings (SSSR count). The van der Waals surface area contributed by atoms with Crippen molar-refractivity contribution in [2.45, 2.75) is 219 Å². The molecule has 0 aliphatic carbocycles. The van der Waals surface area contributed by atoms with Gasteiger partial charge in [-0.2, -0.15) is 0 Å². The maximum Gasteiger partial charge on any atom is 0.162 e. The van der Waals surface area contributed by atoms with E-state index >= 15 is 0 Å². The number of hydrogen-bond acceptors (Lipinski definition) is 0. The molecule has 644 valence electrons. The zero-order valence-corrected chi connectivity index (χ0v) is 71.0. The molecule has 0 aliphatic rings. The molecule has 0 nitrogen and oxygen atoms in total. The molecule has 0 atom stereocenters. The van der Waals surface area contributed by atoms with Crippen molar-refractivity contribution in [1.29, 1.82) is 0 Å². The molecule has 0 heterocycles. The predicted molar refractivity (Wildman–Crippen MR) is 436 cm³/mol. The highest BCUT2D eigenvalue weighted by atomic mass is 35.5. The minimum atomic E-state index is -1.14. The van der Waals surface area contributed by atoms with Gasteiger partial charge in [0.15, 0.2) is 46.5 Å². The zero-order valence-electron chi connectivity index (χ0n) is 68.7. The Balaban J connectivity index is 0.00000128. The van der Waals surface area contributed by atoms with Gasteiger partial charge in [-0.25, -0.2) is 92.2 Å². The molecule has 0 N–H and O–H groups in total. The predicted octanol–water partition coefficient (Wildman–Crippen LogP) is 34.2. The molecule has 0 unspecified atom stereocenters. The first kappa shape index (κ1) is 109. The summed E-state index contributed by atoms with van der Waals surface area (Å²) in [6, 6.07) is 30.7. The highest BCUT2D eigenvalue weighted by molar-refractivity contribution is 6.31. The van der Waals surface area contributed by atoms with E-state index in [4.69, 9.17) is 34.8 Å². The van der Waals surface area contributed by atoms with E-state index in [0.29, 0.717) is 62.7 Å². The van der Waals surface area contributed by atoms with Gasteiger partial charge >= 0.3 is 0 Å². The van der Waals surface area contributed by atoms with E-state index in [1.807, 2.05) is 111 Å². The van der Waals surface area contributed by atoms with Crippen molar-refractivity contribution in [2.24, 2.45) is 0 Å². The lowest BCUT2D eigenvalue weighted by atomic mass is 10.00. The number of hydrogen-bond donors (Lipinski definition) is 0. The molecule has 0 aromatic heterocycles. The van der Waals surface area contributed by atoms with Gasteiger partial charge in [0.25, 0.3) is 0 Å². The summed E-state index contributed by atoms with van der Waals surface area (Å²) in [5.74, 6) is -14.2. The monoisotopic (exact) mass is 1720 g/mol. The Labute approximate surface area is 691 Å². The standard InChI is InChI=1S/2C10H12F2.2C9H9ClF2.C9H10ClF.2C9H9F3.3C9H10F2.CH4/c1-6(2)8-4-5-9(11)7(3)10(8)12;1-6(2)8-5-4-7(3)9(11)10(8)12;1-5(2)6-3-7(10)9(12)4-8(6)11;1-5(2)6-3-4-7(11)8(10)9(6)12;1-6(2)7-4-3-5-8(10)9(7)11;1-5(2)6-3-8(11)9(12)4-7(6)10;1-5(2)9-7(11)3-6(10)4-8(9)12;1-6(2)8-4-3-7(10)5-9(8)11;1-6(2)7-3-4-8(10)9(11)5-7;1-6(2)7-4-3-5-8(10)9(7)11;/h2*4-6H,1-3H3;2*3-5H,1-2H3;3-6H,1-2H3;2*3-5H,1-2H3;3*3-6H,1-2H3;1H4. The van der Waals surface area contributed by atoms with Crippen LogP contribution in [0.2, 0.25) is 15.1 Å². The minimum Gasteiger partial charge on any atom is -0.207 e. The first-order chi connectivity index (χ1) is 53.6. The van der Waals surface area contributed by atoms with Crippen LogP contribution in [0, 0.1) is 136 Å². The van der Waals surface area contributed by atoms with Gasteiger partial charge < -0.3 is 0 Å². The molecular formula is C93H104Cl3F21. The summed E-state index contributed by atoms with van der Waals surface area (Å²) in [5.41, 5.74) is 5.02. The van der Waals surface area contributed by atoms with Crippen molar-refractivity contribution >= 4 is 34.8 Å². The smallest absolute Gasteiger partial charge is 0.162 e. The summed E-state index contributed by atoms with van der Waals surface area (Å²) in [4.78, 5) is 0. The van der Waals surface area contributed by atoms with Crippen LogP contribution in [0.15, 0.2) is 146 Å². The van der Waals surface area contributed by atoms with Crippen LogP contribution >= 0.6 is 34.8 Å². The molecule has 0 bridgehead atoms. The van der Waals surface area contributed by atoms with E-state index in [9.17, 15) is 92.2 Å². The number of rotatable bonds is 10. The first-order valence-electron chi connectivity index (χ1n) is 36.9. The van der Waals surface area contributed by atoms with Gasteiger partial charge in [-0.3, -0.25) is 0 Å². The van der Waals surface area contributed by atoms with Crippen LogP contribution in [0.4, 0.5) is 92.2 Å². The topological polar surface area (TPSA) is 0 Å². The summed E-state index contributed by atoms with van der Waals surface area (Å²) in [6.45, 7) is 39.7. The van der Waals surface area contributed by atoms with Gasteiger partial charge in [-0.05, 0) is 183 Å². The van der Waals surface area contributed by atoms with Crippen molar-refractivity contribution in [3.8, 4) is 0 Å². The highest BCUT2D eigenvalue weighted by Crippen LogP contribution is 2.31. The molecule has 0 radical (unpaired) electrons. The van der Waals surface area contributed by atoms with Crippen LogP contribution in [0.3, 0.4) is 0 Å². The quantitative estimate of drug-likeness (QED) is 0.0727. The lowest BCUT2D eigenvalue weighted by Crippen LogP contribution is -1.98. The van der Waals surface area contributed by atoms with Crippen LogP contribution in [-0.2, 0) is 0 Å². The molecule has 10 aromatic rings. The summed E-state index contributed by atoms with van der Waals surface area (Å²) in [7, 11) is 0. The number of benzene rings is 10. The molecule has 0 saturated carbocycles. The Kier molecular flexibility index (Phi) is 48.1. The van der Waals surface area contributed by atoms with Crippen LogP contribution < -0.4 is 0 Å². The largest absolute Gasteiger partial charge is 0.207 e. The van der Waals surface area contributed by atoms with Crippen molar-refractivity contribution in [1.82, 2.24) is 0 Å². The minimum absolute atomic E-state index is 0. The summed E-state index contributed by atoms with van der Waals surface area (Å²) < 4.78 is 268. The van der Waals surface area contributed by atoms with Crippen molar-refractivity contribution < 1.29 is 92.2 Å². The van der Waals surface area contributed by atoms with Gasteiger partial charge in [0.05, 0.1) is 10.0 Å². The second-order valence-corrected chi connectivity index (χ2v) is 30.7. The van der Waals surface area contributed by atoms with Crippen LogP contribution in [0.1, 0.15) is 272 Å². The third-order valence-corrected chi connectivity index (χ3v) is 17.9. The fourth-order valence-electron chi connectivity index (χ4n) is 10.1. The molecule has 0 aliphatic heterocycles. The van der Waals surface area contributed by atoms with E-state index in [1.165, 1.54) is 61.5 Å². The average Bonchev–Trinajstić information content (AvgIpc) is 0.839. The third-order valence-electron chi connectivity index (χ3n) is 16.9. The van der Waals surface area contributed by atoms with E-state index in [0.717, 1.165) is 35.9 Å². The molecule has 0 spiro atoms. The van der Waals surface area contributed by atoms with Gasteiger partial charge in [0.1, 0.15) is 80.6 Å². The molecule has 0 amide bonds. The lowest BCUT2D eigenvalue weighted by Gasteiger charge is -2.08. The van der Waals surface area contributed by atoms with E-state index in [2.05, 4.69) is 0 Å². The lowest BCUT2D eigenvalue weighted by molar-refractivity contribution is 0.487. The molecule has 10 aromatic carbocycles. The van der Waals surface area contributed by atoms with Crippen LogP contribution in [0.25, 0.3) is 0 Å². The van der Waals surface area contributed by atoms with E-state index in [1.54, 1.807) is 77.1 Å². The fraction of sp³-hybridized carbons (Fsp3) is 0.355. The maximum atomic E-state index is 13.3. The second-order valence-electron chi connectivity index (χ2n) is 29.5. The maximum absolute atomic E-state index is 13.3. The first-order valence-corrected chi connectivity index (χ1v) is 38.0. The Hall–Kier alpha value is -8.40. The summed E-state index contributed by atoms with van der Waals surface area (Å²) in [5, 5.41) is -0.238. The SMILES string of the molecule is C.CC(C)c1c(F)cc(F)cc1F.CC(C)c1cc(Cl)c(F)cc1F.CC(C)c1cc(F)c(F)cc1F.CC(C)c1ccc(F)c(Cl)c1F.CC(C)c1ccc(F)c(F)c1.CC(C)c1ccc(F)cc1F.CC(C)c1cccc(Cl)c1F.CC(C)c1cccc(F)c1F.Cc1c(F)ccc(C(C)C)c1F.Cc1ccc(C(C)C)c(F)c1F. The van der Waals surface area contributed by atoms with Gasteiger partial charge in [0, 0.05) is 41.5 Å². The highest BCUT2D eigenvalue weighted by Gasteiger charge is 2.19. The fourth-order valence-corrected chi connectivity index (χ4v) is 10.6. The van der Waals surface area contributed by atoms with Gasteiger partial charge in [-0.1, -0.05) is 241 Å². The molecular weight excluding hydrogens is 1620 g/mol. The number of aryl methyl sites for hydroxylation is 1. The zero-order chi connectivity index (χ0) is 89.5. The van der Waals surface area contributed by atoms with Crippen molar-refractivity contribution in [3.63, 3.8) is 0 Å². The van der Waals surface area contributed by atoms with Gasteiger partial charge in [-0.15, -0.1) is 0 Å². The second kappa shape index (κ2) is 51.8. The van der Waals surface area contributed by atoms with Crippen LogP contribution in [0.5, 0.6) is 0 Å². The Morgan fingerprint density at radius 1 is 0.214 bits per heavy atom. The van der Waals surface area contributed by atoms with Crippen LogP contribution in [-0.4, -0.2) is 0 Å². The normalized spacial score (nSPS) is 10.7. The Bertz CT molecular complexity index is 4440. The Morgan fingerprint density at radius 2 is 0.581 bits per heavy atom. The number of halogens is 24. The Morgan fingerprint density at radius 3 is 1.02 bits per heavy atom. The summed E-state index contributed by atoms with van der Waals surface area (Å²) >= 11 is 16.4. The average molecular weight is 1730 g/mol. The van der Waals surface area contributed by atoms with E-state index < -0.39 is 121 Å². The van der Waals surface area contributed by atoms with Crippen molar-refractivity contribution in [2.75, 3.05) is 0 Å². The molecule has 24 heteroatoms. The van der Waals surface area contributed by atoms with Crippen molar-refractivity contribution in [3.05, 3.63) is 350 Å². The van der Waals surface area contributed by atoms with E-state index in [-0.39, 0.29) is 99.2 Å². The third kappa shape index (κ3) is 35.2. The summed E-state index contributed by atoms with van der Waals surface area (Å²) in [6.07, 6.45) is 0. The molecule has 0 fully saturated rings. The molecule has 0 saturated heterocycles. The molecule has 117 heavy (non-hydrogen) atoms. The van der Waals surface area contributed by atoms with Gasteiger partial charge in [0.2, 0.25) is 0 Å².